The SMILES string of the molecule is CC(=O)C[n+]1ccc(C(C)=O)cc1.Cc1ccc(O)cc1S(=O)(=O)[O-]. The molecule has 134 valence electrons. The van der Waals surface area contributed by atoms with Gasteiger partial charge >= 0.3 is 0 Å². The normalized spacial score (nSPS) is 10.6. The van der Waals surface area contributed by atoms with E-state index in [4.69, 9.17) is 5.11 Å². The van der Waals surface area contributed by atoms with E-state index >= 15 is 0 Å². The number of carbonyl (C=O) groups is 2. The van der Waals surface area contributed by atoms with E-state index in [1.54, 1.807) is 29.1 Å². The van der Waals surface area contributed by atoms with Crippen molar-refractivity contribution in [2.45, 2.75) is 32.2 Å². The molecule has 0 aliphatic carbocycles. The zero-order chi connectivity index (χ0) is 19.2. The molecule has 0 amide bonds. The van der Waals surface area contributed by atoms with Crippen LogP contribution in [0.4, 0.5) is 0 Å². The van der Waals surface area contributed by atoms with Gasteiger partial charge in [-0.05, 0) is 31.5 Å². The zero-order valence-electron chi connectivity index (χ0n) is 14.1. The number of benzene rings is 1. The van der Waals surface area contributed by atoms with Crippen LogP contribution >= 0.6 is 0 Å². The quantitative estimate of drug-likeness (QED) is 0.497. The third kappa shape index (κ3) is 6.82. The van der Waals surface area contributed by atoms with Gasteiger partial charge in [0, 0.05) is 24.6 Å². The zero-order valence-corrected chi connectivity index (χ0v) is 14.9. The molecule has 0 saturated heterocycles. The highest BCUT2D eigenvalue weighted by atomic mass is 32.2. The highest BCUT2D eigenvalue weighted by molar-refractivity contribution is 7.85. The number of phenolic OH excluding ortho intramolecular Hbond substituents is 1. The summed E-state index contributed by atoms with van der Waals surface area (Å²) < 4.78 is 33.4. The van der Waals surface area contributed by atoms with E-state index < -0.39 is 10.1 Å². The fourth-order valence-electron chi connectivity index (χ4n) is 1.91. The maximum Gasteiger partial charge on any atom is 0.206 e. The second kappa shape index (κ2) is 8.50. The molecule has 1 heterocycles. The molecule has 1 N–H and O–H groups in total. The molecule has 0 atom stereocenters. The summed E-state index contributed by atoms with van der Waals surface area (Å²) in [5.41, 5.74) is 1.00. The molecule has 0 bridgehead atoms. The second-order valence-electron chi connectivity index (χ2n) is 5.42. The van der Waals surface area contributed by atoms with Crippen LogP contribution in [0.2, 0.25) is 0 Å². The van der Waals surface area contributed by atoms with Crippen LogP contribution in [0, 0.1) is 6.92 Å². The van der Waals surface area contributed by atoms with Crippen molar-refractivity contribution in [1.29, 1.82) is 0 Å². The first-order chi connectivity index (χ1) is 11.5. The average Bonchev–Trinajstić information content (AvgIpc) is 2.49. The van der Waals surface area contributed by atoms with E-state index in [0.717, 1.165) is 6.07 Å². The molecule has 0 radical (unpaired) electrons. The molecular formula is C17H19NO6S. The molecule has 0 aliphatic heterocycles. The van der Waals surface area contributed by atoms with Crippen LogP contribution in [-0.4, -0.2) is 29.6 Å². The van der Waals surface area contributed by atoms with Crippen molar-refractivity contribution in [3.8, 4) is 5.75 Å². The van der Waals surface area contributed by atoms with Crippen LogP contribution in [0.25, 0.3) is 0 Å². The Hall–Kier alpha value is -2.58. The van der Waals surface area contributed by atoms with E-state index in [-0.39, 0.29) is 22.2 Å². The molecule has 8 heteroatoms. The lowest BCUT2D eigenvalue weighted by Gasteiger charge is -2.09. The van der Waals surface area contributed by atoms with E-state index in [0.29, 0.717) is 17.7 Å². The van der Waals surface area contributed by atoms with Gasteiger partial charge in [0.05, 0.1) is 4.90 Å². The summed E-state index contributed by atoms with van der Waals surface area (Å²) in [6, 6.07) is 7.07. The molecular weight excluding hydrogens is 346 g/mol. The Balaban J connectivity index is 0.000000251. The Bertz CT molecular complexity index is 873. The number of rotatable bonds is 4. The lowest BCUT2D eigenvalue weighted by Crippen LogP contribution is -2.36. The minimum atomic E-state index is -4.47. The van der Waals surface area contributed by atoms with Crippen LogP contribution in [0.3, 0.4) is 0 Å². The van der Waals surface area contributed by atoms with Crippen LogP contribution in [0.15, 0.2) is 47.6 Å². The smallest absolute Gasteiger partial charge is 0.206 e. The molecule has 0 aliphatic rings. The summed E-state index contributed by atoms with van der Waals surface area (Å²) in [7, 11) is -4.47. The van der Waals surface area contributed by atoms with Gasteiger partial charge in [-0.15, -0.1) is 0 Å². The van der Waals surface area contributed by atoms with Crippen LogP contribution in [0.1, 0.15) is 29.8 Å². The molecule has 7 nitrogen and oxygen atoms in total. The van der Waals surface area contributed by atoms with E-state index in [1.165, 1.54) is 32.9 Å². The number of aromatic hydroxyl groups is 1. The summed E-state index contributed by atoms with van der Waals surface area (Å²) in [6.07, 6.45) is 3.47. The number of aromatic nitrogens is 1. The monoisotopic (exact) mass is 365 g/mol. The summed E-state index contributed by atoms with van der Waals surface area (Å²) in [4.78, 5) is 21.3. The van der Waals surface area contributed by atoms with Gasteiger partial charge in [0.2, 0.25) is 6.54 Å². The molecule has 0 spiro atoms. The summed E-state index contributed by atoms with van der Waals surface area (Å²) in [5.74, 6) is -0.0921. The lowest BCUT2D eigenvalue weighted by molar-refractivity contribution is -0.684. The number of ketones is 2. The second-order valence-corrected chi connectivity index (χ2v) is 6.77. The van der Waals surface area contributed by atoms with Crippen molar-refractivity contribution < 1.29 is 32.2 Å². The van der Waals surface area contributed by atoms with Crippen molar-refractivity contribution in [3.05, 3.63) is 53.9 Å². The minimum Gasteiger partial charge on any atom is -0.744 e. The molecule has 2 aromatic rings. The first-order valence-corrected chi connectivity index (χ1v) is 8.66. The largest absolute Gasteiger partial charge is 0.744 e. The highest BCUT2D eigenvalue weighted by Crippen LogP contribution is 2.19. The van der Waals surface area contributed by atoms with Gasteiger partial charge < -0.3 is 9.66 Å². The van der Waals surface area contributed by atoms with Crippen molar-refractivity contribution in [1.82, 2.24) is 0 Å². The molecule has 0 unspecified atom stereocenters. The highest BCUT2D eigenvalue weighted by Gasteiger charge is 2.06. The van der Waals surface area contributed by atoms with Gasteiger partial charge in [0.25, 0.3) is 0 Å². The van der Waals surface area contributed by atoms with Gasteiger partial charge in [0.15, 0.2) is 24.0 Å². The van der Waals surface area contributed by atoms with Gasteiger partial charge in [-0.2, -0.15) is 4.57 Å². The van der Waals surface area contributed by atoms with Gasteiger partial charge in [-0.3, -0.25) is 9.59 Å². The number of phenols is 1. The van der Waals surface area contributed by atoms with E-state index in [9.17, 15) is 22.6 Å². The third-order valence-corrected chi connectivity index (χ3v) is 4.12. The number of aryl methyl sites for hydroxylation is 1. The van der Waals surface area contributed by atoms with Gasteiger partial charge in [-0.25, -0.2) is 8.42 Å². The maximum absolute atomic E-state index is 10.9. The van der Waals surface area contributed by atoms with E-state index in [2.05, 4.69) is 0 Å². The maximum atomic E-state index is 10.9. The number of Topliss-reactive ketones (excluding diaryl/α,β-unsaturated/α-hetero) is 2. The molecule has 0 saturated carbocycles. The number of carbonyl (C=O) groups excluding carboxylic acids is 2. The Morgan fingerprint density at radius 2 is 1.68 bits per heavy atom. The summed E-state index contributed by atoms with van der Waals surface area (Å²) in [6.45, 7) is 4.90. The first-order valence-electron chi connectivity index (χ1n) is 7.25. The molecule has 1 aromatic heterocycles. The lowest BCUT2D eigenvalue weighted by atomic mass is 10.2. The van der Waals surface area contributed by atoms with Gasteiger partial charge in [-0.1, -0.05) is 6.07 Å². The van der Waals surface area contributed by atoms with Crippen LogP contribution < -0.4 is 4.57 Å². The predicted molar refractivity (Wildman–Crippen MR) is 88.1 cm³/mol. The van der Waals surface area contributed by atoms with Crippen molar-refractivity contribution in [2.24, 2.45) is 0 Å². The number of hydrogen-bond donors (Lipinski definition) is 1. The predicted octanol–water partition coefficient (Wildman–Crippen LogP) is 1.37. The average molecular weight is 365 g/mol. The summed E-state index contributed by atoms with van der Waals surface area (Å²) in [5, 5.41) is 8.90. The molecule has 1 aromatic carbocycles. The third-order valence-electron chi connectivity index (χ3n) is 3.14. The number of pyridine rings is 1. The fourth-order valence-corrected chi connectivity index (χ4v) is 2.64. The Morgan fingerprint density at radius 1 is 1.12 bits per heavy atom. The summed E-state index contributed by atoms with van der Waals surface area (Å²) >= 11 is 0. The van der Waals surface area contributed by atoms with Crippen molar-refractivity contribution in [3.63, 3.8) is 0 Å². The standard InChI is InChI=1S/C10H12NO2.C7H8O4S/c1-8(12)7-11-5-3-10(4-6-11)9(2)13;1-5-2-3-6(8)4-7(5)12(9,10)11/h3-6H,7H2,1-2H3;2-4,8H,1H3,(H,9,10,11)/q+1;/p-1. The molecule has 25 heavy (non-hydrogen) atoms. The molecule has 0 fully saturated rings. The fraction of sp³-hybridized carbons (Fsp3) is 0.235. The van der Waals surface area contributed by atoms with Gasteiger partial charge in [0.1, 0.15) is 15.9 Å². The molecule has 2 rings (SSSR count). The number of hydrogen-bond acceptors (Lipinski definition) is 6. The Morgan fingerprint density at radius 3 is 2.08 bits per heavy atom. The first kappa shape index (κ1) is 20.5. The Kier molecular flexibility index (Phi) is 6.96. The number of nitrogens with zero attached hydrogens (tertiary/aromatic N) is 1. The van der Waals surface area contributed by atoms with Crippen LogP contribution in [0.5, 0.6) is 5.75 Å². The topological polar surface area (TPSA) is 115 Å². The Labute approximate surface area is 146 Å². The van der Waals surface area contributed by atoms with Crippen LogP contribution in [-0.2, 0) is 21.5 Å². The van der Waals surface area contributed by atoms with E-state index in [1.807, 2.05) is 0 Å². The minimum absolute atomic E-state index is 0.0370. The van der Waals surface area contributed by atoms with Crippen molar-refractivity contribution in [2.75, 3.05) is 0 Å². The van der Waals surface area contributed by atoms with Crippen molar-refractivity contribution >= 4 is 21.7 Å².